The molecule has 1 N–H and O–H groups in total. The molecule has 1 aliphatic rings. The molecule has 30 heavy (non-hydrogen) atoms. The smallest absolute Gasteiger partial charge is 0.269 e. The summed E-state index contributed by atoms with van der Waals surface area (Å²) in [6.07, 6.45) is 3.57. The summed E-state index contributed by atoms with van der Waals surface area (Å²) in [7, 11) is 1.50. The third-order valence-electron chi connectivity index (χ3n) is 4.83. The molecule has 0 aromatic heterocycles. The monoisotopic (exact) mass is 421 g/mol. The van der Waals surface area contributed by atoms with E-state index in [4.69, 9.17) is 9.47 Å². The first kappa shape index (κ1) is 20.0. The number of rotatable bonds is 5. The van der Waals surface area contributed by atoms with Gasteiger partial charge in [-0.1, -0.05) is 48.2 Å². The van der Waals surface area contributed by atoms with Crippen LogP contribution in [0.3, 0.4) is 0 Å². The largest absolute Gasteiger partial charge is 0.504 e. The number of aromatic hydroxyl groups is 1. The molecule has 1 heterocycles. The van der Waals surface area contributed by atoms with Gasteiger partial charge in [-0.15, -0.1) is 0 Å². The van der Waals surface area contributed by atoms with Gasteiger partial charge in [0.25, 0.3) is 5.69 Å². The molecule has 7 heteroatoms. The quantitative estimate of drug-likeness (QED) is 0.318. The molecule has 1 aliphatic heterocycles. The van der Waals surface area contributed by atoms with Crippen molar-refractivity contribution in [1.82, 2.24) is 0 Å². The minimum Gasteiger partial charge on any atom is -0.504 e. The van der Waals surface area contributed by atoms with Crippen LogP contribution in [0.5, 0.6) is 11.5 Å². The fraction of sp³-hybridized carbons (Fsp3) is 0.130. The normalized spacial score (nSPS) is 15.7. The van der Waals surface area contributed by atoms with Gasteiger partial charge in [-0.2, -0.15) is 0 Å². The van der Waals surface area contributed by atoms with Crippen molar-refractivity contribution >= 4 is 29.6 Å². The molecule has 4 rings (SSSR count). The van der Waals surface area contributed by atoms with Gasteiger partial charge in [0, 0.05) is 28.2 Å². The maximum absolute atomic E-state index is 10.8. The van der Waals surface area contributed by atoms with Gasteiger partial charge in [0.05, 0.1) is 18.6 Å². The van der Waals surface area contributed by atoms with Crippen LogP contribution in [0.15, 0.2) is 65.6 Å². The topological polar surface area (TPSA) is 81.8 Å². The second kappa shape index (κ2) is 8.61. The van der Waals surface area contributed by atoms with Gasteiger partial charge < -0.3 is 14.6 Å². The summed E-state index contributed by atoms with van der Waals surface area (Å²) in [6.45, 7) is 0.492. The van der Waals surface area contributed by atoms with Crippen LogP contribution in [-0.4, -0.2) is 17.1 Å². The lowest BCUT2D eigenvalue weighted by molar-refractivity contribution is -0.384. The molecule has 0 saturated heterocycles. The van der Waals surface area contributed by atoms with Gasteiger partial charge >= 0.3 is 0 Å². The SMILES string of the molecule is COc1ccc(C2OCc3ccccc3S2)c(C=Cc2ccc([N+](=O)[O-])cc2)c1O. The van der Waals surface area contributed by atoms with E-state index in [2.05, 4.69) is 6.07 Å². The van der Waals surface area contributed by atoms with Crippen LogP contribution in [-0.2, 0) is 11.3 Å². The number of ether oxygens (including phenoxy) is 2. The van der Waals surface area contributed by atoms with Crippen molar-refractivity contribution in [3.8, 4) is 11.5 Å². The number of hydrogen-bond donors (Lipinski definition) is 1. The number of nitro benzene ring substituents is 1. The van der Waals surface area contributed by atoms with Gasteiger partial charge in [0.15, 0.2) is 11.5 Å². The van der Waals surface area contributed by atoms with Crippen molar-refractivity contribution in [3.63, 3.8) is 0 Å². The predicted molar refractivity (Wildman–Crippen MR) is 117 cm³/mol. The van der Waals surface area contributed by atoms with Crippen molar-refractivity contribution in [1.29, 1.82) is 0 Å². The summed E-state index contributed by atoms with van der Waals surface area (Å²) in [6, 6.07) is 17.9. The average molecular weight is 421 g/mol. The summed E-state index contributed by atoms with van der Waals surface area (Å²) in [5.74, 6) is 0.388. The van der Waals surface area contributed by atoms with E-state index in [1.54, 1.807) is 42.1 Å². The van der Waals surface area contributed by atoms with Crippen molar-refractivity contribution in [3.05, 3.63) is 93.0 Å². The minimum absolute atomic E-state index is 0.0243. The highest BCUT2D eigenvalue weighted by molar-refractivity contribution is 7.99. The average Bonchev–Trinajstić information content (AvgIpc) is 2.78. The number of hydrogen-bond acceptors (Lipinski definition) is 6. The Morgan fingerprint density at radius 2 is 1.90 bits per heavy atom. The lowest BCUT2D eigenvalue weighted by Gasteiger charge is -2.26. The first-order valence-electron chi connectivity index (χ1n) is 9.25. The summed E-state index contributed by atoms with van der Waals surface area (Å²) >= 11 is 1.59. The third-order valence-corrected chi connectivity index (χ3v) is 6.09. The Labute approximate surface area is 177 Å². The number of nitro groups is 1. The van der Waals surface area contributed by atoms with E-state index in [1.807, 2.05) is 24.3 Å². The highest BCUT2D eigenvalue weighted by Gasteiger charge is 2.25. The lowest BCUT2D eigenvalue weighted by Crippen LogP contribution is -2.09. The molecule has 1 unspecified atom stereocenters. The first-order chi connectivity index (χ1) is 14.6. The third kappa shape index (κ3) is 4.03. The Kier molecular flexibility index (Phi) is 5.74. The number of methoxy groups -OCH3 is 1. The van der Waals surface area contributed by atoms with E-state index in [-0.39, 0.29) is 16.9 Å². The van der Waals surface area contributed by atoms with E-state index in [0.717, 1.165) is 21.6 Å². The highest BCUT2D eigenvalue weighted by Crippen LogP contribution is 2.47. The van der Waals surface area contributed by atoms with Gasteiger partial charge in [-0.05, 0) is 35.4 Å². The van der Waals surface area contributed by atoms with Crippen LogP contribution in [0, 0.1) is 10.1 Å². The fourth-order valence-electron chi connectivity index (χ4n) is 3.24. The highest BCUT2D eigenvalue weighted by atomic mass is 32.2. The number of phenolic OH excluding ortho intramolecular Hbond substituents is 1. The Morgan fingerprint density at radius 3 is 2.63 bits per heavy atom. The van der Waals surface area contributed by atoms with Crippen LogP contribution in [0.25, 0.3) is 12.2 Å². The lowest BCUT2D eigenvalue weighted by atomic mass is 10.0. The van der Waals surface area contributed by atoms with Crippen molar-refractivity contribution in [2.45, 2.75) is 16.9 Å². The maximum atomic E-state index is 10.8. The molecule has 0 fully saturated rings. The summed E-state index contributed by atoms with van der Waals surface area (Å²) in [4.78, 5) is 11.6. The molecule has 0 bridgehead atoms. The zero-order valence-electron chi connectivity index (χ0n) is 16.1. The van der Waals surface area contributed by atoms with Crippen molar-refractivity contribution in [2.75, 3.05) is 7.11 Å². The molecule has 0 spiro atoms. The number of fused-ring (bicyclic) bond motifs is 1. The Bertz CT molecular complexity index is 1110. The molecule has 3 aromatic carbocycles. The molecule has 0 amide bonds. The van der Waals surface area contributed by atoms with E-state index in [1.165, 1.54) is 19.2 Å². The van der Waals surface area contributed by atoms with E-state index in [0.29, 0.717) is 17.9 Å². The Hall–Kier alpha value is -3.29. The molecule has 0 radical (unpaired) electrons. The van der Waals surface area contributed by atoms with Crippen LogP contribution in [0.1, 0.15) is 27.7 Å². The molecular formula is C23H19NO5S. The number of non-ortho nitro benzene ring substituents is 1. The molecular weight excluding hydrogens is 402 g/mol. The Morgan fingerprint density at radius 1 is 1.13 bits per heavy atom. The van der Waals surface area contributed by atoms with Gasteiger partial charge in [0.1, 0.15) is 5.44 Å². The summed E-state index contributed by atoms with van der Waals surface area (Å²) < 4.78 is 11.3. The van der Waals surface area contributed by atoms with Crippen molar-refractivity contribution < 1.29 is 19.5 Å². The van der Waals surface area contributed by atoms with Gasteiger partial charge in [-0.25, -0.2) is 0 Å². The van der Waals surface area contributed by atoms with Crippen LogP contribution in [0.2, 0.25) is 0 Å². The zero-order chi connectivity index (χ0) is 21.1. The van der Waals surface area contributed by atoms with E-state index in [9.17, 15) is 15.2 Å². The maximum Gasteiger partial charge on any atom is 0.269 e. The molecule has 6 nitrogen and oxygen atoms in total. The number of nitrogens with zero attached hydrogens (tertiary/aromatic N) is 1. The summed E-state index contributed by atoms with van der Waals surface area (Å²) in [5.41, 5.74) is 3.07. The molecule has 3 aromatic rings. The molecule has 0 aliphatic carbocycles. The number of thioether (sulfide) groups is 1. The minimum atomic E-state index is -0.436. The molecule has 152 valence electrons. The second-order valence-electron chi connectivity index (χ2n) is 6.67. The van der Waals surface area contributed by atoms with Crippen molar-refractivity contribution in [2.24, 2.45) is 0 Å². The van der Waals surface area contributed by atoms with Crippen LogP contribution >= 0.6 is 11.8 Å². The zero-order valence-corrected chi connectivity index (χ0v) is 17.0. The summed E-state index contributed by atoms with van der Waals surface area (Å²) in [5, 5.41) is 21.6. The second-order valence-corrected chi connectivity index (χ2v) is 7.77. The van der Waals surface area contributed by atoms with E-state index < -0.39 is 4.92 Å². The number of phenols is 1. The fourth-order valence-corrected chi connectivity index (χ4v) is 4.38. The van der Waals surface area contributed by atoms with Crippen LogP contribution in [0.4, 0.5) is 5.69 Å². The molecule has 1 atom stereocenters. The van der Waals surface area contributed by atoms with Gasteiger partial charge in [0.2, 0.25) is 0 Å². The van der Waals surface area contributed by atoms with Crippen LogP contribution < -0.4 is 4.74 Å². The Balaban J connectivity index is 1.69. The standard InChI is InChI=1S/C23H19NO5S/c1-28-20-13-12-19(23-29-14-16-4-2-3-5-21(16)30-23)18(22(20)25)11-8-15-6-9-17(10-7-15)24(26)27/h2-13,23,25H,14H2,1H3. The van der Waals surface area contributed by atoms with Gasteiger partial charge in [-0.3, -0.25) is 10.1 Å². The molecule has 0 saturated carbocycles. The number of benzene rings is 3. The first-order valence-corrected chi connectivity index (χ1v) is 10.1. The van der Waals surface area contributed by atoms with E-state index >= 15 is 0 Å². The predicted octanol–water partition coefficient (Wildman–Crippen LogP) is 5.80.